The molecule has 134 valence electrons. The van der Waals surface area contributed by atoms with Crippen molar-refractivity contribution in [2.24, 2.45) is 5.73 Å². The molecule has 1 saturated carbocycles. The van der Waals surface area contributed by atoms with E-state index in [1.807, 2.05) is 0 Å². The van der Waals surface area contributed by atoms with Crippen LogP contribution in [0.15, 0.2) is 42.5 Å². The summed E-state index contributed by atoms with van der Waals surface area (Å²) in [5, 5.41) is 0. The average Bonchev–Trinajstić information content (AvgIpc) is 3.03. The lowest BCUT2D eigenvalue weighted by Crippen LogP contribution is -2.39. The molecular weight excluding hydrogens is 325 g/mol. The van der Waals surface area contributed by atoms with Gasteiger partial charge in [-0.25, -0.2) is 13.2 Å². The topological polar surface area (TPSA) is 29.3 Å². The van der Waals surface area contributed by atoms with Crippen molar-refractivity contribution in [2.75, 3.05) is 0 Å². The third kappa shape index (κ3) is 4.61. The molecule has 1 fully saturated rings. The predicted octanol–water partition coefficient (Wildman–Crippen LogP) is 4.38. The second-order valence-electron chi connectivity index (χ2n) is 6.81. The molecule has 2 aromatic rings. The van der Waals surface area contributed by atoms with Gasteiger partial charge < -0.3 is 5.73 Å². The van der Waals surface area contributed by atoms with Crippen molar-refractivity contribution in [3.05, 3.63) is 71.0 Å². The molecule has 2 N–H and O–H groups in total. The van der Waals surface area contributed by atoms with Crippen LogP contribution in [0.25, 0.3) is 0 Å². The van der Waals surface area contributed by atoms with Crippen molar-refractivity contribution >= 4 is 0 Å². The van der Waals surface area contributed by atoms with Crippen LogP contribution in [-0.2, 0) is 13.1 Å². The van der Waals surface area contributed by atoms with Crippen LogP contribution >= 0.6 is 0 Å². The van der Waals surface area contributed by atoms with E-state index in [1.165, 1.54) is 36.8 Å². The first-order valence-electron chi connectivity index (χ1n) is 8.70. The van der Waals surface area contributed by atoms with Gasteiger partial charge in [-0.3, -0.25) is 4.90 Å². The second-order valence-corrected chi connectivity index (χ2v) is 6.81. The number of nitrogens with two attached hydrogens (primary N) is 1. The summed E-state index contributed by atoms with van der Waals surface area (Å²) in [4.78, 5) is 2.61. The van der Waals surface area contributed by atoms with E-state index >= 15 is 0 Å². The van der Waals surface area contributed by atoms with E-state index < -0.39 is 17.5 Å². The molecule has 2 aromatic carbocycles. The molecular formula is C20H23F3N2. The number of hydrogen-bond donors (Lipinski definition) is 1. The van der Waals surface area contributed by atoms with E-state index in [1.54, 1.807) is 0 Å². The SMILES string of the molecule is Fc1ccc(F)c(F)c1.N[C@@H]1CCC[C@H](N2Cc3ccccc3C2)C1. The Morgan fingerprint density at radius 1 is 0.880 bits per heavy atom. The Hall–Kier alpha value is -1.85. The van der Waals surface area contributed by atoms with Crippen molar-refractivity contribution in [3.8, 4) is 0 Å². The fourth-order valence-corrected chi connectivity index (χ4v) is 3.62. The Balaban J connectivity index is 0.000000173. The summed E-state index contributed by atoms with van der Waals surface area (Å²) in [6.45, 7) is 2.26. The van der Waals surface area contributed by atoms with Gasteiger partial charge in [0.2, 0.25) is 0 Å². The quantitative estimate of drug-likeness (QED) is 0.775. The molecule has 4 rings (SSSR count). The van der Waals surface area contributed by atoms with Gasteiger partial charge in [-0.2, -0.15) is 0 Å². The molecule has 5 heteroatoms. The molecule has 1 aliphatic heterocycles. The van der Waals surface area contributed by atoms with Crippen LogP contribution in [0.3, 0.4) is 0 Å². The number of hydrogen-bond acceptors (Lipinski definition) is 2. The summed E-state index contributed by atoms with van der Waals surface area (Å²) in [7, 11) is 0. The van der Waals surface area contributed by atoms with Gasteiger partial charge in [-0.15, -0.1) is 0 Å². The molecule has 25 heavy (non-hydrogen) atoms. The van der Waals surface area contributed by atoms with Gasteiger partial charge >= 0.3 is 0 Å². The molecule has 2 aliphatic rings. The predicted molar refractivity (Wildman–Crippen MR) is 92.2 cm³/mol. The molecule has 0 saturated heterocycles. The monoisotopic (exact) mass is 348 g/mol. The maximum absolute atomic E-state index is 12.0. The van der Waals surface area contributed by atoms with Crippen LogP contribution in [0.2, 0.25) is 0 Å². The maximum atomic E-state index is 12.0. The van der Waals surface area contributed by atoms with E-state index in [0.717, 1.165) is 31.3 Å². The van der Waals surface area contributed by atoms with Crippen molar-refractivity contribution in [1.29, 1.82) is 0 Å². The lowest BCUT2D eigenvalue weighted by atomic mass is 9.91. The number of nitrogens with zero attached hydrogens (tertiary/aromatic N) is 1. The maximum Gasteiger partial charge on any atom is 0.161 e. The highest BCUT2D eigenvalue weighted by molar-refractivity contribution is 5.30. The molecule has 0 spiro atoms. The zero-order chi connectivity index (χ0) is 17.8. The molecule has 1 heterocycles. The minimum atomic E-state index is -1.16. The zero-order valence-corrected chi connectivity index (χ0v) is 14.1. The standard InChI is InChI=1S/C14H20N2.C6H3F3/c15-13-6-3-7-14(8-13)16-9-11-4-1-2-5-12(11)10-16;7-4-1-2-5(8)6(9)3-4/h1-2,4-5,13-14H,3,6-10,15H2;1-3H/t13-,14+;/m1./s1. The molecule has 0 bridgehead atoms. The van der Waals surface area contributed by atoms with Crippen LogP contribution in [0.4, 0.5) is 13.2 Å². The lowest BCUT2D eigenvalue weighted by Gasteiger charge is -2.33. The van der Waals surface area contributed by atoms with Crippen LogP contribution < -0.4 is 5.73 Å². The molecule has 1 aliphatic carbocycles. The van der Waals surface area contributed by atoms with Crippen molar-refractivity contribution in [2.45, 2.75) is 50.9 Å². The summed E-state index contributed by atoms with van der Waals surface area (Å²) in [5.74, 6) is -2.96. The Morgan fingerprint density at radius 2 is 1.56 bits per heavy atom. The first-order chi connectivity index (χ1) is 12.0. The number of fused-ring (bicyclic) bond motifs is 1. The molecule has 0 aromatic heterocycles. The number of halogens is 3. The second kappa shape index (κ2) is 8.02. The Bertz CT molecular complexity index is 695. The largest absolute Gasteiger partial charge is 0.328 e. The van der Waals surface area contributed by atoms with Crippen molar-refractivity contribution in [1.82, 2.24) is 4.90 Å². The zero-order valence-electron chi connectivity index (χ0n) is 14.1. The molecule has 0 radical (unpaired) electrons. The summed E-state index contributed by atoms with van der Waals surface area (Å²) < 4.78 is 35.9. The van der Waals surface area contributed by atoms with Gasteiger partial charge in [0, 0.05) is 31.2 Å². The third-order valence-corrected chi connectivity index (χ3v) is 4.95. The summed E-state index contributed by atoms with van der Waals surface area (Å²) in [6, 6.07) is 12.1. The fourth-order valence-electron chi connectivity index (χ4n) is 3.62. The van der Waals surface area contributed by atoms with Crippen LogP contribution in [0.1, 0.15) is 36.8 Å². The lowest BCUT2D eigenvalue weighted by molar-refractivity contribution is 0.147. The van der Waals surface area contributed by atoms with Crippen LogP contribution in [0.5, 0.6) is 0 Å². The van der Waals surface area contributed by atoms with Crippen LogP contribution in [0, 0.1) is 17.5 Å². The van der Waals surface area contributed by atoms with E-state index in [2.05, 4.69) is 29.2 Å². The van der Waals surface area contributed by atoms with E-state index in [0.29, 0.717) is 12.1 Å². The van der Waals surface area contributed by atoms with Gasteiger partial charge in [-0.1, -0.05) is 30.7 Å². The van der Waals surface area contributed by atoms with Gasteiger partial charge in [0.05, 0.1) is 0 Å². The van der Waals surface area contributed by atoms with Crippen molar-refractivity contribution < 1.29 is 13.2 Å². The normalized spacial score (nSPS) is 22.9. The molecule has 2 atom stereocenters. The number of benzene rings is 2. The highest BCUT2D eigenvalue weighted by Crippen LogP contribution is 2.30. The summed E-state index contributed by atoms with van der Waals surface area (Å²) in [6.07, 6.45) is 5.05. The summed E-state index contributed by atoms with van der Waals surface area (Å²) >= 11 is 0. The van der Waals surface area contributed by atoms with Crippen LogP contribution in [-0.4, -0.2) is 17.0 Å². The fraction of sp³-hybridized carbons (Fsp3) is 0.400. The summed E-state index contributed by atoms with van der Waals surface area (Å²) in [5.41, 5.74) is 9.10. The van der Waals surface area contributed by atoms with E-state index in [4.69, 9.17) is 5.73 Å². The first-order valence-corrected chi connectivity index (χ1v) is 8.70. The number of rotatable bonds is 1. The van der Waals surface area contributed by atoms with Gasteiger partial charge in [-0.05, 0) is 42.5 Å². The molecule has 0 unspecified atom stereocenters. The average molecular weight is 348 g/mol. The third-order valence-electron chi connectivity index (χ3n) is 4.95. The van der Waals surface area contributed by atoms with E-state index in [-0.39, 0.29) is 0 Å². The van der Waals surface area contributed by atoms with Crippen molar-refractivity contribution in [3.63, 3.8) is 0 Å². The highest BCUT2D eigenvalue weighted by Gasteiger charge is 2.28. The van der Waals surface area contributed by atoms with Gasteiger partial charge in [0.25, 0.3) is 0 Å². The Kier molecular flexibility index (Phi) is 5.76. The highest BCUT2D eigenvalue weighted by atomic mass is 19.2. The molecule has 0 amide bonds. The minimum Gasteiger partial charge on any atom is -0.328 e. The minimum absolute atomic E-state index is 0.433. The van der Waals surface area contributed by atoms with Gasteiger partial charge in [0.15, 0.2) is 11.6 Å². The Morgan fingerprint density at radius 3 is 2.12 bits per heavy atom. The first kappa shape index (κ1) is 18.0. The smallest absolute Gasteiger partial charge is 0.161 e. The van der Waals surface area contributed by atoms with E-state index in [9.17, 15) is 13.2 Å². The van der Waals surface area contributed by atoms with Gasteiger partial charge in [0.1, 0.15) is 5.82 Å². The molecule has 2 nitrogen and oxygen atoms in total. The Labute approximate surface area is 146 Å².